The zero-order valence-electron chi connectivity index (χ0n) is 19.4. The third-order valence-corrected chi connectivity index (χ3v) is 7.76. The van der Waals surface area contributed by atoms with Gasteiger partial charge in [-0.25, -0.2) is 0 Å². The Morgan fingerprint density at radius 1 is 1.12 bits per heavy atom. The minimum absolute atomic E-state index is 0.0153. The lowest BCUT2D eigenvalue weighted by atomic mass is 9.63. The highest BCUT2D eigenvalue weighted by Crippen LogP contribution is 2.49. The molecule has 184 valence electrons. The van der Waals surface area contributed by atoms with Gasteiger partial charge in [-0.2, -0.15) is 13.2 Å². The molecule has 1 saturated heterocycles. The summed E-state index contributed by atoms with van der Waals surface area (Å²) in [5.41, 5.74) is -2.78. The maximum Gasteiger partial charge on any atom is 0.446 e. The average Bonchev–Trinajstić information content (AvgIpc) is 3.14. The van der Waals surface area contributed by atoms with Gasteiger partial charge in [0, 0.05) is 35.0 Å². The predicted octanol–water partition coefficient (Wildman–Crippen LogP) is 5.10. The first-order chi connectivity index (χ1) is 16.1. The second-order valence-corrected chi connectivity index (χ2v) is 10.3. The molecular weight excluding hydrogens is 465 g/mol. The third-order valence-electron chi connectivity index (χ3n) is 7.02. The van der Waals surface area contributed by atoms with Crippen LogP contribution in [0.25, 0.3) is 0 Å². The first kappa shape index (κ1) is 24.7. The Kier molecular flexibility index (Phi) is 7.05. The van der Waals surface area contributed by atoms with Crippen LogP contribution < -0.4 is 14.8 Å². The summed E-state index contributed by atoms with van der Waals surface area (Å²) < 4.78 is 48.6. The highest BCUT2D eigenvalue weighted by molar-refractivity contribution is 8.00. The van der Waals surface area contributed by atoms with E-state index in [2.05, 4.69) is 29.4 Å². The van der Waals surface area contributed by atoms with Crippen molar-refractivity contribution in [3.63, 3.8) is 0 Å². The van der Waals surface area contributed by atoms with E-state index in [1.54, 1.807) is 14.2 Å². The number of carbonyl (C=O) groups excluding carboxylic acids is 1. The first-order valence-electron chi connectivity index (χ1n) is 11.2. The summed E-state index contributed by atoms with van der Waals surface area (Å²) in [7, 11) is 5.38. The van der Waals surface area contributed by atoms with Gasteiger partial charge in [0.2, 0.25) is 0 Å². The fraction of sp³-hybridized carbons (Fsp3) is 0.480. The molecule has 34 heavy (non-hydrogen) atoms. The summed E-state index contributed by atoms with van der Waals surface area (Å²) in [4.78, 5) is 15.2. The van der Waals surface area contributed by atoms with Crippen molar-refractivity contribution in [2.45, 2.75) is 41.1 Å². The number of fused-ring (bicyclic) bond motifs is 1. The summed E-state index contributed by atoms with van der Waals surface area (Å²) in [6.45, 7) is 1.87. The molecule has 5 nitrogen and oxygen atoms in total. The van der Waals surface area contributed by atoms with Gasteiger partial charge in [0.05, 0.1) is 14.2 Å². The molecule has 1 aliphatic heterocycles. The molecule has 2 aromatic carbocycles. The summed E-state index contributed by atoms with van der Waals surface area (Å²) >= 11 is -0.183. The number of benzene rings is 2. The maximum absolute atomic E-state index is 12.8. The Hall–Kier alpha value is -2.39. The van der Waals surface area contributed by atoms with E-state index >= 15 is 0 Å². The van der Waals surface area contributed by atoms with Crippen molar-refractivity contribution in [2.24, 2.45) is 5.92 Å². The largest absolute Gasteiger partial charge is 0.493 e. The Labute approximate surface area is 202 Å². The molecule has 2 aromatic rings. The number of halogens is 3. The van der Waals surface area contributed by atoms with E-state index in [-0.39, 0.29) is 34.0 Å². The molecule has 0 bridgehead atoms. The van der Waals surface area contributed by atoms with Gasteiger partial charge in [-0.3, -0.25) is 4.79 Å². The van der Waals surface area contributed by atoms with Crippen LogP contribution >= 0.6 is 11.8 Å². The number of carbonyl (C=O) groups is 1. The minimum Gasteiger partial charge on any atom is -0.493 e. The van der Waals surface area contributed by atoms with Gasteiger partial charge in [0.15, 0.2) is 11.5 Å². The second-order valence-electron chi connectivity index (χ2n) is 9.14. The minimum atomic E-state index is -4.35. The molecule has 1 heterocycles. The van der Waals surface area contributed by atoms with E-state index in [1.165, 1.54) is 29.8 Å². The maximum atomic E-state index is 12.8. The summed E-state index contributed by atoms with van der Waals surface area (Å²) in [6, 6.07) is 11.7. The molecule has 1 amide bonds. The van der Waals surface area contributed by atoms with Gasteiger partial charge in [0.1, 0.15) is 0 Å². The molecule has 1 saturated carbocycles. The monoisotopic (exact) mass is 494 g/mol. The Morgan fingerprint density at radius 2 is 1.82 bits per heavy atom. The number of rotatable bonds is 6. The third kappa shape index (κ3) is 5.15. The molecule has 2 fully saturated rings. The smallest absolute Gasteiger partial charge is 0.446 e. The van der Waals surface area contributed by atoms with Gasteiger partial charge in [-0.15, -0.1) is 0 Å². The van der Waals surface area contributed by atoms with E-state index in [9.17, 15) is 18.0 Å². The molecule has 0 spiro atoms. The number of alkyl halides is 3. The molecule has 0 aromatic heterocycles. The van der Waals surface area contributed by atoms with Crippen molar-refractivity contribution in [1.82, 2.24) is 10.2 Å². The standard InChI is InChI=1S/C25H29F3N2O3S/c1-30-14-18-12-19(29-23(31)16-4-7-20(8-5-16)34-25(26,27)28)10-11-24(18,15-30)17-6-9-21(32-2)22(13-17)33-3/h4-9,13,18-19H,10-12,14-15H2,1-3H3,(H,29,31)/t18?,19-,24+/m1/s1. The molecule has 1 N–H and O–H groups in total. The molecule has 3 atom stereocenters. The Balaban J connectivity index is 1.46. The van der Waals surface area contributed by atoms with Gasteiger partial charge in [0.25, 0.3) is 5.91 Å². The lowest BCUT2D eigenvalue weighted by molar-refractivity contribution is -0.0328. The van der Waals surface area contributed by atoms with Crippen LogP contribution in [-0.4, -0.2) is 56.7 Å². The van der Waals surface area contributed by atoms with Crippen LogP contribution in [0.5, 0.6) is 11.5 Å². The van der Waals surface area contributed by atoms with Crippen molar-refractivity contribution in [1.29, 1.82) is 0 Å². The molecular formula is C25H29F3N2O3S. The van der Waals surface area contributed by atoms with Gasteiger partial charge >= 0.3 is 5.51 Å². The molecule has 0 radical (unpaired) electrons. The van der Waals surface area contributed by atoms with Crippen molar-refractivity contribution in [3.8, 4) is 11.5 Å². The van der Waals surface area contributed by atoms with Gasteiger partial charge in [-0.1, -0.05) is 6.07 Å². The first-order valence-corrected chi connectivity index (χ1v) is 12.0. The average molecular weight is 495 g/mol. The number of likely N-dealkylation sites (tertiary alicyclic amines) is 1. The fourth-order valence-electron chi connectivity index (χ4n) is 5.53. The number of hydrogen-bond acceptors (Lipinski definition) is 5. The van der Waals surface area contributed by atoms with Crippen LogP contribution in [0.2, 0.25) is 0 Å². The molecule has 2 aliphatic rings. The van der Waals surface area contributed by atoms with Crippen molar-refractivity contribution in [3.05, 3.63) is 53.6 Å². The van der Waals surface area contributed by atoms with Gasteiger partial charge < -0.3 is 19.7 Å². The number of hydrogen-bond donors (Lipinski definition) is 1. The quantitative estimate of drug-likeness (QED) is 0.567. The van der Waals surface area contributed by atoms with Crippen molar-refractivity contribution in [2.75, 3.05) is 34.4 Å². The summed E-state index contributed by atoms with van der Waals surface area (Å²) in [5.74, 6) is 1.52. The van der Waals surface area contributed by atoms with E-state index in [0.29, 0.717) is 23.0 Å². The molecule has 1 unspecified atom stereocenters. The van der Waals surface area contributed by atoms with Crippen molar-refractivity contribution < 1.29 is 27.4 Å². The number of ether oxygens (including phenoxy) is 2. The van der Waals surface area contributed by atoms with E-state index in [0.717, 1.165) is 32.4 Å². The van der Waals surface area contributed by atoms with Gasteiger partial charge in [-0.05, 0) is 86.0 Å². The van der Waals surface area contributed by atoms with Crippen LogP contribution in [0.1, 0.15) is 35.2 Å². The highest BCUT2D eigenvalue weighted by atomic mass is 32.2. The van der Waals surface area contributed by atoms with Crippen LogP contribution in [-0.2, 0) is 5.41 Å². The zero-order chi connectivity index (χ0) is 24.5. The van der Waals surface area contributed by atoms with Crippen LogP contribution in [0.3, 0.4) is 0 Å². The van der Waals surface area contributed by atoms with Crippen LogP contribution in [0.4, 0.5) is 13.2 Å². The number of methoxy groups -OCH3 is 2. The zero-order valence-corrected chi connectivity index (χ0v) is 20.3. The van der Waals surface area contributed by atoms with E-state index < -0.39 is 5.51 Å². The number of nitrogens with zero attached hydrogens (tertiary/aromatic N) is 1. The molecule has 1 aliphatic carbocycles. The van der Waals surface area contributed by atoms with Crippen LogP contribution in [0, 0.1) is 5.92 Å². The van der Waals surface area contributed by atoms with E-state index in [4.69, 9.17) is 9.47 Å². The highest BCUT2D eigenvalue weighted by Gasteiger charge is 2.50. The number of likely N-dealkylation sites (N-methyl/N-ethyl adjacent to an activating group) is 1. The summed E-state index contributed by atoms with van der Waals surface area (Å²) in [6.07, 6.45) is 2.59. The number of nitrogens with one attached hydrogen (secondary N) is 1. The Morgan fingerprint density at radius 3 is 2.47 bits per heavy atom. The lowest BCUT2D eigenvalue weighted by Gasteiger charge is -2.43. The lowest BCUT2D eigenvalue weighted by Crippen LogP contribution is -2.47. The Bertz CT molecular complexity index is 1030. The fourth-order valence-corrected chi connectivity index (χ4v) is 6.07. The topological polar surface area (TPSA) is 50.8 Å². The predicted molar refractivity (Wildman–Crippen MR) is 126 cm³/mol. The SMILES string of the molecule is COc1ccc([C@@]23CC[C@@H](NC(=O)c4ccc(SC(F)(F)F)cc4)CC2CN(C)C3)cc1OC. The normalized spacial score (nSPS) is 25.0. The van der Waals surface area contributed by atoms with Crippen LogP contribution in [0.15, 0.2) is 47.4 Å². The number of amides is 1. The van der Waals surface area contributed by atoms with Crippen molar-refractivity contribution >= 4 is 17.7 Å². The second kappa shape index (κ2) is 9.70. The molecule has 4 rings (SSSR count). The number of thioether (sulfide) groups is 1. The molecule has 9 heteroatoms. The summed E-state index contributed by atoms with van der Waals surface area (Å²) in [5, 5.41) is 3.11. The van der Waals surface area contributed by atoms with E-state index in [1.807, 2.05) is 6.07 Å².